The summed E-state index contributed by atoms with van der Waals surface area (Å²) in [6.07, 6.45) is 84.9. The Labute approximate surface area is 500 Å². The zero-order valence-electron chi connectivity index (χ0n) is 54.4. The van der Waals surface area contributed by atoms with Gasteiger partial charge in [-0.2, -0.15) is 0 Å². The fraction of sp³-hybridized carbons (Fsp3) is 0.905. The van der Waals surface area contributed by atoms with Gasteiger partial charge in [-0.1, -0.05) is 366 Å². The lowest BCUT2D eigenvalue weighted by Gasteiger charge is -2.18. The van der Waals surface area contributed by atoms with E-state index in [1.807, 2.05) is 0 Å². The zero-order chi connectivity index (χ0) is 57.8. The molecule has 0 amide bonds. The Kier molecular flexibility index (Phi) is 67.6. The summed E-state index contributed by atoms with van der Waals surface area (Å²) in [6.45, 7) is 6.72. The molecule has 472 valence electrons. The Hall–Kier alpha value is -2.11. The number of rotatable bonds is 68. The molecule has 0 rings (SSSR count). The number of unbranched alkanes of at least 4 members (excludes halogenated alkanes) is 53. The van der Waals surface area contributed by atoms with E-state index >= 15 is 0 Å². The van der Waals surface area contributed by atoms with Gasteiger partial charge in [0.25, 0.3) is 0 Å². The van der Waals surface area contributed by atoms with Crippen molar-refractivity contribution in [2.24, 2.45) is 0 Å². The normalized spacial score (nSPS) is 12.1. The second-order valence-electron chi connectivity index (χ2n) is 24.9. The first kappa shape index (κ1) is 77.9. The summed E-state index contributed by atoms with van der Waals surface area (Å²) < 4.78 is 17.0. The van der Waals surface area contributed by atoms with Gasteiger partial charge >= 0.3 is 17.9 Å². The molecule has 6 nitrogen and oxygen atoms in total. The Bertz CT molecular complexity index is 1290. The molecule has 0 fully saturated rings. The van der Waals surface area contributed by atoms with Crippen LogP contribution in [0, 0.1) is 0 Å². The van der Waals surface area contributed by atoms with Gasteiger partial charge in [-0.3, -0.25) is 14.4 Å². The molecule has 1 atom stereocenters. The maximum absolute atomic E-state index is 13.0. The van der Waals surface area contributed by atoms with Crippen molar-refractivity contribution in [3.05, 3.63) is 24.3 Å². The smallest absolute Gasteiger partial charge is 0.306 e. The van der Waals surface area contributed by atoms with Crippen LogP contribution in [0.15, 0.2) is 24.3 Å². The van der Waals surface area contributed by atoms with E-state index in [0.717, 1.165) is 64.2 Å². The lowest BCUT2D eigenvalue weighted by atomic mass is 10.0. The Balaban J connectivity index is 4.26. The second kappa shape index (κ2) is 69.4. The number of allylic oxidation sites excluding steroid dienone is 4. The summed E-state index contributed by atoms with van der Waals surface area (Å²) in [7, 11) is 0. The predicted molar refractivity (Wildman–Crippen MR) is 349 cm³/mol. The predicted octanol–water partition coefficient (Wildman–Crippen LogP) is 25.0. The van der Waals surface area contributed by atoms with Crippen molar-refractivity contribution in [3.8, 4) is 0 Å². The molecule has 0 spiro atoms. The lowest BCUT2D eigenvalue weighted by molar-refractivity contribution is -0.167. The first-order chi connectivity index (χ1) is 39.5. The third kappa shape index (κ3) is 66.7. The van der Waals surface area contributed by atoms with Gasteiger partial charge in [0.05, 0.1) is 0 Å². The van der Waals surface area contributed by atoms with E-state index in [4.69, 9.17) is 14.2 Å². The summed E-state index contributed by atoms with van der Waals surface area (Å²) in [4.78, 5) is 38.5. The molecule has 0 aromatic rings. The number of ether oxygens (including phenoxy) is 3. The van der Waals surface area contributed by atoms with E-state index in [-0.39, 0.29) is 31.1 Å². The van der Waals surface area contributed by atoms with Crippen LogP contribution in [0.25, 0.3) is 0 Å². The van der Waals surface area contributed by atoms with Gasteiger partial charge in [0, 0.05) is 19.3 Å². The van der Waals surface area contributed by atoms with Crippen LogP contribution >= 0.6 is 0 Å². The highest BCUT2D eigenvalue weighted by Gasteiger charge is 2.19. The fourth-order valence-electron chi connectivity index (χ4n) is 11.2. The molecule has 6 heteroatoms. The molecular formula is C74H140O6. The number of carbonyl (C=O) groups excluding carboxylic acids is 3. The molecular weight excluding hydrogens is 985 g/mol. The van der Waals surface area contributed by atoms with Crippen LogP contribution < -0.4 is 0 Å². The molecule has 0 saturated carbocycles. The average molecular weight is 1130 g/mol. The van der Waals surface area contributed by atoms with Crippen molar-refractivity contribution in [2.75, 3.05) is 13.2 Å². The quantitative estimate of drug-likeness (QED) is 0.0261. The molecule has 0 aromatic heterocycles. The summed E-state index contributed by atoms with van der Waals surface area (Å²) in [5, 5.41) is 0. The van der Waals surface area contributed by atoms with Gasteiger partial charge < -0.3 is 14.2 Å². The Morgan fingerprint density at radius 3 is 0.688 bits per heavy atom. The molecule has 0 radical (unpaired) electrons. The van der Waals surface area contributed by atoms with E-state index in [1.54, 1.807) is 0 Å². The van der Waals surface area contributed by atoms with Crippen LogP contribution in [-0.2, 0) is 28.6 Å². The monoisotopic (exact) mass is 1130 g/mol. The topological polar surface area (TPSA) is 78.9 Å². The van der Waals surface area contributed by atoms with Gasteiger partial charge in [0.15, 0.2) is 6.10 Å². The van der Waals surface area contributed by atoms with Gasteiger partial charge in [0.2, 0.25) is 0 Å². The fourth-order valence-corrected chi connectivity index (χ4v) is 11.2. The van der Waals surface area contributed by atoms with E-state index in [0.29, 0.717) is 19.3 Å². The van der Waals surface area contributed by atoms with Crippen LogP contribution in [0.5, 0.6) is 0 Å². The molecule has 0 N–H and O–H groups in total. The Morgan fingerprint density at radius 2 is 0.450 bits per heavy atom. The number of hydrogen-bond donors (Lipinski definition) is 0. The minimum absolute atomic E-state index is 0.0638. The standard InChI is InChI=1S/C74H140O6/c1-4-7-10-13-16-19-22-25-28-31-33-35-36-37-38-40-41-43-46-49-52-55-58-61-64-67-73(76)79-70-71(69-78-72(75)66-63-60-57-54-51-48-45-30-27-24-21-18-15-12-9-6-3)80-74(77)68-65-62-59-56-53-50-47-44-42-39-34-32-29-26-23-20-17-14-11-8-5-2/h22,25,31,33,71H,4-21,23-24,26-30,32,34-70H2,1-3H3/b25-22-,33-31-. The Morgan fingerprint density at radius 1 is 0.250 bits per heavy atom. The van der Waals surface area contributed by atoms with Crippen molar-refractivity contribution >= 4 is 17.9 Å². The van der Waals surface area contributed by atoms with E-state index < -0.39 is 6.10 Å². The lowest BCUT2D eigenvalue weighted by Crippen LogP contribution is -2.30. The highest BCUT2D eigenvalue weighted by molar-refractivity contribution is 5.71. The van der Waals surface area contributed by atoms with Crippen LogP contribution in [0.2, 0.25) is 0 Å². The molecule has 80 heavy (non-hydrogen) atoms. The minimum atomic E-state index is -0.768. The van der Waals surface area contributed by atoms with Crippen molar-refractivity contribution in [1.29, 1.82) is 0 Å². The SMILES string of the molecule is CCCCCCC/C=C\C/C=C\CCCCCCCCCCCCCCCC(=O)OCC(COC(=O)CCCCCCCCCCCCCCCCCC)OC(=O)CCCCCCCCCCCCCCCCCCCCCCC. The van der Waals surface area contributed by atoms with Gasteiger partial charge in [-0.15, -0.1) is 0 Å². The molecule has 0 aliphatic heterocycles. The van der Waals surface area contributed by atoms with E-state index in [2.05, 4.69) is 45.1 Å². The summed E-state index contributed by atoms with van der Waals surface area (Å²) in [6, 6.07) is 0. The maximum atomic E-state index is 13.0. The van der Waals surface area contributed by atoms with Gasteiger partial charge in [0.1, 0.15) is 13.2 Å². The van der Waals surface area contributed by atoms with Crippen molar-refractivity contribution in [2.45, 2.75) is 419 Å². The highest BCUT2D eigenvalue weighted by Crippen LogP contribution is 2.19. The first-order valence-electron chi connectivity index (χ1n) is 36.3. The van der Waals surface area contributed by atoms with E-state index in [9.17, 15) is 14.4 Å². The molecule has 0 aliphatic carbocycles. The third-order valence-corrected chi connectivity index (χ3v) is 16.7. The van der Waals surface area contributed by atoms with Crippen LogP contribution in [-0.4, -0.2) is 37.2 Å². The highest BCUT2D eigenvalue weighted by atomic mass is 16.6. The summed E-state index contributed by atoms with van der Waals surface area (Å²) in [5.74, 6) is -0.828. The van der Waals surface area contributed by atoms with Crippen LogP contribution in [0.4, 0.5) is 0 Å². The van der Waals surface area contributed by atoms with Crippen LogP contribution in [0.1, 0.15) is 412 Å². The van der Waals surface area contributed by atoms with Gasteiger partial charge in [-0.05, 0) is 51.4 Å². The van der Waals surface area contributed by atoms with E-state index in [1.165, 1.54) is 308 Å². The number of esters is 3. The largest absolute Gasteiger partial charge is 0.462 e. The number of hydrogen-bond acceptors (Lipinski definition) is 6. The van der Waals surface area contributed by atoms with Gasteiger partial charge in [-0.25, -0.2) is 0 Å². The second-order valence-corrected chi connectivity index (χ2v) is 24.9. The first-order valence-corrected chi connectivity index (χ1v) is 36.3. The molecule has 1 unspecified atom stereocenters. The van der Waals surface area contributed by atoms with Crippen molar-refractivity contribution in [1.82, 2.24) is 0 Å². The molecule has 0 heterocycles. The van der Waals surface area contributed by atoms with Crippen LogP contribution in [0.3, 0.4) is 0 Å². The molecule has 0 aliphatic rings. The summed E-state index contributed by atoms with van der Waals surface area (Å²) in [5.41, 5.74) is 0. The van der Waals surface area contributed by atoms with Crippen molar-refractivity contribution in [3.63, 3.8) is 0 Å². The average Bonchev–Trinajstić information content (AvgIpc) is 3.46. The molecule has 0 saturated heterocycles. The van der Waals surface area contributed by atoms with Crippen molar-refractivity contribution < 1.29 is 28.6 Å². The summed E-state index contributed by atoms with van der Waals surface area (Å²) >= 11 is 0. The zero-order valence-corrected chi connectivity index (χ0v) is 54.4. The third-order valence-electron chi connectivity index (χ3n) is 16.7. The maximum Gasteiger partial charge on any atom is 0.306 e. The minimum Gasteiger partial charge on any atom is -0.462 e. The molecule has 0 aromatic carbocycles. The molecule has 0 bridgehead atoms. The number of carbonyl (C=O) groups is 3.